The number of ether oxygens (including phenoxy) is 1. The molecule has 0 radical (unpaired) electrons. The molecule has 1 aromatic rings. The van der Waals surface area contributed by atoms with Crippen LogP contribution < -0.4 is 5.32 Å². The van der Waals surface area contributed by atoms with E-state index >= 15 is 0 Å². The van der Waals surface area contributed by atoms with E-state index in [2.05, 4.69) is 34.5 Å². The van der Waals surface area contributed by atoms with Gasteiger partial charge in [0, 0.05) is 19.1 Å². The Labute approximate surface area is 134 Å². The summed E-state index contributed by atoms with van der Waals surface area (Å²) in [5.41, 5.74) is 3.14. The van der Waals surface area contributed by atoms with Crippen molar-refractivity contribution in [2.75, 3.05) is 26.2 Å². The van der Waals surface area contributed by atoms with Crippen LogP contribution in [0.2, 0.25) is 0 Å². The fourth-order valence-corrected chi connectivity index (χ4v) is 4.37. The van der Waals surface area contributed by atoms with Crippen LogP contribution in [0.4, 0.5) is 0 Å². The SMILES string of the molecule is c1ccc2c(c1)CC(N1CCC(OC3CCNCC3)CC1)C2. The first-order valence-electron chi connectivity index (χ1n) is 9.05. The standard InChI is InChI=1S/C19H28N2O/c1-2-4-16-14-17(13-15(16)3-1)21-11-7-19(8-12-21)22-18-5-9-20-10-6-18/h1-4,17-20H,5-14H2. The van der Waals surface area contributed by atoms with Crippen LogP contribution in [0.15, 0.2) is 24.3 Å². The molecule has 2 fully saturated rings. The van der Waals surface area contributed by atoms with Crippen LogP contribution in [0, 0.1) is 0 Å². The molecule has 3 heteroatoms. The fraction of sp³-hybridized carbons (Fsp3) is 0.684. The molecule has 0 atom stereocenters. The Morgan fingerprint density at radius 3 is 2.09 bits per heavy atom. The molecule has 22 heavy (non-hydrogen) atoms. The van der Waals surface area contributed by atoms with Crippen LogP contribution in [-0.2, 0) is 17.6 Å². The van der Waals surface area contributed by atoms with Crippen molar-refractivity contribution in [2.45, 2.75) is 56.8 Å². The number of hydrogen-bond acceptors (Lipinski definition) is 3. The molecule has 0 bridgehead atoms. The molecule has 3 nitrogen and oxygen atoms in total. The minimum absolute atomic E-state index is 0.503. The molecule has 0 amide bonds. The van der Waals surface area contributed by atoms with Crippen molar-refractivity contribution in [1.29, 1.82) is 0 Å². The zero-order chi connectivity index (χ0) is 14.8. The maximum absolute atomic E-state index is 6.34. The lowest BCUT2D eigenvalue weighted by Crippen LogP contribution is -2.45. The Morgan fingerprint density at radius 1 is 0.864 bits per heavy atom. The van der Waals surface area contributed by atoms with Gasteiger partial charge in [0.05, 0.1) is 12.2 Å². The molecule has 1 aromatic carbocycles. The normalized spacial score (nSPS) is 25.5. The maximum atomic E-state index is 6.34. The van der Waals surface area contributed by atoms with Crippen LogP contribution in [0.5, 0.6) is 0 Å². The molecular formula is C19H28N2O. The Balaban J connectivity index is 1.26. The van der Waals surface area contributed by atoms with Gasteiger partial charge >= 0.3 is 0 Å². The summed E-state index contributed by atoms with van der Waals surface area (Å²) in [6.07, 6.45) is 8.33. The average Bonchev–Trinajstić information content (AvgIpc) is 3.00. The molecule has 0 aromatic heterocycles. The van der Waals surface area contributed by atoms with E-state index in [1.807, 2.05) is 0 Å². The highest BCUT2D eigenvalue weighted by Gasteiger charge is 2.30. The van der Waals surface area contributed by atoms with E-state index in [4.69, 9.17) is 4.74 Å². The monoisotopic (exact) mass is 300 g/mol. The van der Waals surface area contributed by atoms with Crippen molar-refractivity contribution >= 4 is 0 Å². The van der Waals surface area contributed by atoms with Gasteiger partial charge in [-0.2, -0.15) is 0 Å². The molecule has 2 heterocycles. The number of piperidine rings is 2. The molecule has 2 aliphatic heterocycles. The van der Waals surface area contributed by atoms with E-state index in [1.54, 1.807) is 11.1 Å². The van der Waals surface area contributed by atoms with Crippen LogP contribution in [-0.4, -0.2) is 49.3 Å². The molecule has 4 rings (SSSR count). The van der Waals surface area contributed by atoms with Crippen molar-refractivity contribution in [2.24, 2.45) is 0 Å². The summed E-state index contributed by atoms with van der Waals surface area (Å²) in [4.78, 5) is 2.71. The highest BCUT2D eigenvalue weighted by Crippen LogP contribution is 2.28. The van der Waals surface area contributed by atoms with Gasteiger partial charge in [0.2, 0.25) is 0 Å². The summed E-state index contributed by atoms with van der Waals surface area (Å²) in [7, 11) is 0. The summed E-state index contributed by atoms with van der Waals surface area (Å²) in [6.45, 7) is 4.69. The van der Waals surface area contributed by atoms with Gasteiger partial charge in [-0.25, -0.2) is 0 Å². The van der Waals surface area contributed by atoms with Gasteiger partial charge in [-0.15, -0.1) is 0 Å². The lowest BCUT2D eigenvalue weighted by atomic mass is 10.0. The molecule has 1 N–H and O–H groups in total. The molecule has 3 aliphatic rings. The van der Waals surface area contributed by atoms with Crippen molar-refractivity contribution in [3.63, 3.8) is 0 Å². The van der Waals surface area contributed by atoms with E-state index in [1.165, 1.54) is 51.6 Å². The fourth-order valence-electron chi connectivity index (χ4n) is 4.37. The number of hydrogen-bond donors (Lipinski definition) is 1. The molecule has 120 valence electrons. The molecule has 2 saturated heterocycles. The summed E-state index contributed by atoms with van der Waals surface area (Å²) in [6, 6.07) is 9.71. The van der Waals surface area contributed by atoms with Gasteiger partial charge in [-0.3, -0.25) is 4.90 Å². The van der Waals surface area contributed by atoms with Crippen LogP contribution in [0.1, 0.15) is 36.8 Å². The van der Waals surface area contributed by atoms with E-state index in [0.29, 0.717) is 12.2 Å². The van der Waals surface area contributed by atoms with Gasteiger partial charge in [0.1, 0.15) is 0 Å². The first-order chi connectivity index (χ1) is 10.9. The van der Waals surface area contributed by atoms with Crippen molar-refractivity contribution in [3.05, 3.63) is 35.4 Å². The highest BCUT2D eigenvalue weighted by atomic mass is 16.5. The third-order valence-electron chi connectivity index (χ3n) is 5.69. The second-order valence-corrected chi connectivity index (χ2v) is 7.15. The lowest BCUT2D eigenvalue weighted by Gasteiger charge is -2.37. The van der Waals surface area contributed by atoms with Crippen LogP contribution in [0.3, 0.4) is 0 Å². The number of nitrogens with one attached hydrogen (secondary N) is 1. The second-order valence-electron chi connectivity index (χ2n) is 7.15. The van der Waals surface area contributed by atoms with Gasteiger partial charge < -0.3 is 10.1 Å². The molecule has 1 aliphatic carbocycles. The quantitative estimate of drug-likeness (QED) is 0.927. The highest BCUT2D eigenvalue weighted by molar-refractivity contribution is 5.33. The summed E-state index contributed by atoms with van der Waals surface area (Å²) >= 11 is 0. The predicted molar refractivity (Wildman–Crippen MR) is 89.2 cm³/mol. The minimum atomic E-state index is 0.503. The number of rotatable bonds is 3. The number of benzene rings is 1. The Bertz CT molecular complexity index is 465. The summed E-state index contributed by atoms with van der Waals surface area (Å²) in [5, 5.41) is 3.42. The zero-order valence-corrected chi connectivity index (χ0v) is 13.5. The number of nitrogens with zero attached hydrogens (tertiary/aromatic N) is 1. The predicted octanol–water partition coefficient (Wildman–Crippen LogP) is 2.39. The molecule has 0 saturated carbocycles. The first kappa shape index (κ1) is 14.7. The van der Waals surface area contributed by atoms with Crippen molar-refractivity contribution < 1.29 is 4.74 Å². The molecule has 0 spiro atoms. The smallest absolute Gasteiger partial charge is 0.0603 e. The van der Waals surface area contributed by atoms with Crippen molar-refractivity contribution in [1.82, 2.24) is 10.2 Å². The van der Waals surface area contributed by atoms with Gasteiger partial charge in [0.15, 0.2) is 0 Å². The molecular weight excluding hydrogens is 272 g/mol. The topological polar surface area (TPSA) is 24.5 Å². The average molecular weight is 300 g/mol. The number of likely N-dealkylation sites (tertiary alicyclic amines) is 1. The van der Waals surface area contributed by atoms with E-state index < -0.39 is 0 Å². The molecule has 0 unspecified atom stereocenters. The first-order valence-corrected chi connectivity index (χ1v) is 9.05. The van der Waals surface area contributed by atoms with Gasteiger partial charge in [0.25, 0.3) is 0 Å². The minimum Gasteiger partial charge on any atom is -0.375 e. The number of fused-ring (bicyclic) bond motifs is 1. The maximum Gasteiger partial charge on any atom is 0.0603 e. The van der Waals surface area contributed by atoms with Gasteiger partial charge in [-0.1, -0.05) is 24.3 Å². The Morgan fingerprint density at radius 2 is 1.45 bits per heavy atom. The Kier molecular flexibility index (Phi) is 4.47. The largest absolute Gasteiger partial charge is 0.375 e. The second kappa shape index (κ2) is 6.69. The summed E-state index contributed by atoms with van der Waals surface area (Å²) in [5.74, 6) is 0. The van der Waals surface area contributed by atoms with Crippen LogP contribution in [0.25, 0.3) is 0 Å². The van der Waals surface area contributed by atoms with Crippen molar-refractivity contribution in [3.8, 4) is 0 Å². The zero-order valence-electron chi connectivity index (χ0n) is 13.5. The van der Waals surface area contributed by atoms with E-state index in [-0.39, 0.29) is 0 Å². The van der Waals surface area contributed by atoms with Crippen LogP contribution >= 0.6 is 0 Å². The Hall–Kier alpha value is -0.900. The van der Waals surface area contributed by atoms with Gasteiger partial charge in [-0.05, 0) is 62.7 Å². The summed E-state index contributed by atoms with van der Waals surface area (Å²) < 4.78 is 6.34. The van der Waals surface area contributed by atoms with E-state index in [9.17, 15) is 0 Å². The third kappa shape index (κ3) is 3.22. The van der Waals surface area contributed by atoms with E-state index in [0.717, 1.165) is 19.1 Å². The third-order valence-corrected chi connectivity index (χ3v) is 5.69. The lowest BCUT2D eigenvalue weighted by molar-refractivity contribution is -0.0571.